The number of aryl methyl sites for hydroxylation is 1. The number of likely N-dealkylation sites (N-methyl/N-ethyl adjacent to an activating group) is 1. The second kappa shape index (κ2) is 7.39. The molecule has 0 bridgehead atoms. The molecule has 1 aromatic carbocycles. The zero-order valence-electron chi connectivity index (χ0n) is 12.6. The van der Waals surface area contributed by atoms with Gasteiger partial charge in [0.05, 0.1) is 6.04 Å². The lowest BCUT2D eigenvalue weighted by Gasteiger charge is -2.24. The van der Waals surface area contributed by atoms with Crippen LogP contribution in [-0.4, -0.2) is 63.3 Å². The van der Waals surface area contributed by atoms with Gasteiger partial charge < -0.3 is 10.2 Å². The number of nitrogens with zero attached hydrogens (tertiary/aromatic N) is 2. The van der Waals surface area contributed by atoms with Gasteiger partial charge in [0, 0.05) is 23.6 Å². The molecule has 0 amide bonds. The summed E-state index contributed by atoms with van der Waals surface area (Å²) >= 11 is 5.69. The highest BCUT2D eigenvalue weighted by atomic mass is 32.2. The zero-order chi connectivity index (χ0) is 16.3. The van der Waals surface area contributed by atoms with Crippen molar-refractivity contribution in [3.8, 4) is 5.75 Å². The number of hydrogen-bond donors (Lipinski definition) is 3. The van der Waals surface area contributed by atoms with E-state index in [2.05, 4.69) is 17.6 Å². The molecule has 0 saturated carbocycles. The lowest BCUT2D eigenvalue weighted by atomic mass is 10.1. The Kier molecular flexibility index (Phi) is 5.77. The monoisotopic (exact) mass is 340 g/mol. The molecule has 5 nitrogen and oxygen atoms in total. The number of thioether (sulfide) groups is 1. The molecule has 0 radical (unpaired) electrons. The van der Waals surface area contributed by atoms with Crippen LogP contribution in [0.25, 0.3) is 0 Å². The second-order valence-corrected chi connectivity index (χ2v) is 6.77. The Morgan fingerprint density at radius 1 is 1.59 bits per heavy atom. The van der Waals surface area contributed by atoms with Crippen LogP contribution in [0.5, 0.6) is 5.75 Å². The molecule has 0 aromatic heterocycles. The topological polar surface area (TPSA) is 73.1 Å². The summed E-state index contributed by atoms with van der Waals surface area (Å²) in [6.07, 6.45) is 0. The normalized spacial score (nSPS) is 19.3. The van der Waals surface area contributed by atoms with E-state index in [4.69, 9.17) is 5.11 Å². The van der Waals surface area contributed by atoms with E-state index < -0.39 is 12.0 Å². The molecule has 0 fully saturated rings. The maximum absolute atomic E-state index is 11.1. The van der Waals surface area contributed by atoms with E-state index in [1.54, 1.807) is 29.8 Å². The minimum atomic E-state index is -0.872. The van der Waals surface area contributed by atoms with Gasteiger partial charge in [-0.15, -0.1) is 11.8 Å². The Morgan fingerprint density at radius 2 is 2.32 bits per heavy atom. The highest BCUT2D eigenvalue weighted by Crippen LogP contribution is 2.29. The summed E-state index contributed by atoms with van der Waals surface area (Å²) in [4.78, 5) is 17.6. The van der Waals surface area contributed by atoms with E-state index in [-0.39, 0.29) is 17.5 Å². The molecular formula is C15H20N2O3S2. The van der Waals surface area contributed by atoms with Crippen LogP contribution in [0.2, 0.25) is 0 Å². The van der Waals surface area contributed by atoms with E-state index in [1.807, 2.05) is 19.1 Å². The van der Waals surface area contributed by atoms with Gasteiger partial charge in [-0.2, -0.15) is 12.6 Å². The number of benzene rings is 1. The van der Waals surface area contributed by atoms with Gasteiger partial charge in [0.25, 0.3) is 0 Å². The number of aliphatic imine (C=N–C) groups is 1. The number of phenolic OH excluding ortho intramolecular Hbond substituents is 1. The lowest BCUT2D eigenvalue weighted by Crippen LogP contribution is -2.43. The van der Waals surface area contributed by atoms with Crippen molar-refractivity contribution in [3.05, 3.63) is 29.3 Å². The van der Waals surface area contributed by atoms with Crippen LogP contribution in [0.3, 0.4) is 0 Å². The number of aromatic hydroxyl groups is 1. The molecule has 1 heterocycles. The first-order valence-electron chi connectivity index (χ1n) is 6.97. The van der Waals surface area contributed by atoms with Gasteiger partial charge in [-0.05, 0) is 26.1 Å². The van der Waals surface area contributed by atoms with Gasteiger partial charge in [0.2, 0.25) is 0 Å². The molecule has 1 aliphatic heterocycles. The Labute approximate surface area is 139 Å². The molecule has 7 heteroatoms. The first kappa shape index (κ1) is 17.2. The number of phenols is 1. The number of carboxylic acids is 1. The predicted molar refractivity (Wildman–Crippen MR) is 93.5 cm³/mol. The summed E-state index contributed by atoms with van der Waals surface area (Å²) in [5.41, 5.74) is 1.82. The maximum atomic E-state index is 11.1. The van der Waals surface area contributed by atoms with Crippen molar-refractivity contribution in [2.75, 3.05) is 25.1 Å². The van der Waals surface area contributed by atoms with E-state index in [1.165, 1.54) is 0 Å². The number of carbonyl (C=O) groups is 1. The van der Waals surface area contributed by atoms with E-state index in [9.17, 15) is 9.90 Å². The quantitative estimate of drug-likeness (QED) is 0.690. The standard InChI is InChI=1S/C15H20N2O3S2/c1-9-3-4-13(18)11(5-9)14-16-10(8-22-14)6-17(2)12(7-21)15(19)20/h3-5,10,12,18,21H,6-8H2,1-2H3,(H,19,20)/t10-,12-/m1/s1. The largest absolute Gasteiger partial charge is 0.507 e. The molecule has 1 aromatic rings. The maximum Gasteiger partial charge on any atom is 0.321 e. The fraction of sp³-hybridized carbons (Fsp3) is 0.467. The predicted octanol–water partition coefficient (Wildman–Crippen LogP) is 1.88. The fourth-order valence-electron chi connectivity index (χ4n) is 2.34. The summed E-state index contributed by atoms with van der Waals surface area (Å²) in [5.74, 6) is 0.403. The SMILES string of the molecule is Cc1ccc(O)c(C2=N[C@H](CN(C)[C@H](CS)C(=O)O)CS2)c1. The van der Waals surface area contributed by atoms with E-state index in [0.29, 0.717) is 6.54 Å². The van der Waals surface area contributed by atoms with Gasteiger partial charge in [0.1, 0.15) is 16.8 Å². The minimum absolute atomic E-state index is 0.0200. The Balaban J connectivity index is 2.09. The number of aliphatic carboxylic acids is 1. The molecule has 22 heavy (non-hydrogen) atoms. The Bertz CT molecular complexity index is 592. The van der Waals surface area contributed by atoms with Crippen LogP contribution in [-0.2, 0) is 4.79 Å². The molecule has 0 spiro atoms. The number of carboxylic acid groups (broad SMARTS) is 1. The average molecular weight is 340 g/mol. The van der Waals surface area contributed by atoms with Crippen molar-refractivity contribution in [3.63, 3.8) is 0 Å². The van der Waals surface area contributed by atoms with Gasteiger partial charge >= 0.3 is 5.97 Å². The van der Waals surface area contributed by atoms with Crippen molar-refractivity contribution in [1.82, 2.24) is 4.90 Å². The third kappa shape index (κ3) is 3.97. The smallest absolute Gasteiger partial charge is 0.321 e. The molecular weight excluding hydrogens is 320 g/mol. The number of hydrogen-bond acceptors (Lipinski definition) is 6. The molecule has 2 rings (SSSR count). The Hall–Kier alpha value is -1.18. The highest BCUT2D eigenvalue weighted by Gasteiger charge is 2.27. The van der Waals surface area contributed by atoms with Crippen molar-refractivity contribution in [1.29, 1.82) is 0 Å². The van der Waals surface area contributed by atoms with Crippen LogP contribution >= 0.6 is 24.4 Å². The van der Waals surface area contributed by atoms with Crippen LogP contribution < -0.4 is 0 Å². The molecule has 0 saturated heterocycles. The number of thiol groups is 1. The first-order valence-corrected chi connectivity index (χ1v) is 8.58. The van der Waals surface area contributed by atoms with Crippen molar-refractivity contribution < 1.29 is 15.0 Å². The summed E-state index contributed by atoms with van der Waals surface area (Å²) < 4.78 is 0. The third-order valence-electron chi connectivity index (χ3n) is 3.58. The highest BCUT2D eigenvalue weighted by molar-refractivity contribution is 8.14. The van der Waals surface area contributed by atoms with Crippen molar-refractivity contribution in [2.45, 2.75) is 19.0 Å². The number of rotatable bonds is 6. The molecule has 0 aliphatic carbocycles. The van der Waals surface area contributed by atoms with Gasteiger partial charge in [-0.25, -0.2) is 0 Å². The van der Waals surface area contributed by atoms with Crippen LogP contribution in [0, 0.1) is 6.92 Å². The van der Waals surface area contributed by atoms with Crippen molar-refractivity contribution >= 4 is 35.4 Å². The van der Waals surface area contributed by atoms with Gasteiger partial charge in [-0.3, -0.25) is 14.7 Å². The van der Waals surface area contributed by atoms with Crippen LogP contribution in [0.15, 0.2) is 23.2 Å². The first-order chi connectivity index (χ1) is 10.4. The van der Waals surface area contributed by atoms with Crippen molar-refractivity contribution in [2.24, 2.45) is 4.99 Å². The minimum Gasteiger partial charge on any atom is -0.507 e. The molecule has 120 valence electrons. The zero-order valence-corrected chi connectivity index (χ0v) is 14.3. The molecule has 0 unspecified atom stereocenters. The lowest BCUT2D eigenvalue weighted by molar-refractivity contribution is -0.141. The molecule has 1 aliphatic rings. The average Bonchev–Trinajstić information content (AvgIpc) is 2.90. The van der Waals surface area contributed by atoms with Gasteiger partial charge in [0.15, 0.2) is 0 Å². The summed E-state index contributed by atoms with van der Waals surface area (Å²) in [6, 6.07) is 4.86. The van der Waals surface area contributed by atoms with E-state index in [0.717, 1.165) is 21.9 Å². The Morgan fingerprint density at radius 3 is 2.95 bits per heavy atom. The molecule has 2 atom stereocenters. The third-order valence-corrected chi connectivity index (χ3v) is 5.08. The van der Waals surface area contributed by atoms with Crippen LogP contribution in [0.1, 0.15) is 11.1 Å². The summed E-state index contributed by atoms with van der Waals surface area (Å²) in [7, 11) is 1.78. The van der Waals surface area contributed by atoms with Crippen LogP contribution in [0.4, 0.5) is 0 Å². The summed E-state index contributed by atoms with van der Waals surface area (Å²) in [5, 5.41) is 19.9. The summed E-state index contributed by atoms with van der Waals surface area (Å²) in [6.45, 7) is 2.53. The van der Waals surface area contributed by atoms with E-state index >= 15 is 0 Å². The molecule has 2 N–H and O–H groups in total. The fourth-order valence-corrected chi connectivity index (χ4v) is 3.85. The second-order valence-electron chi connectivity index (χ2n) is 5.40. The van der Waals surface area contributed by atoms with Gasteiger partial charge in [-0.1, -0.05) is 11.6 Å².